The van der Waals surface area contributed by atoms with Crippen molar-refractivity contribution in [1.29, 1.82) is 0 Å². The van der Waals surface area contributed by atoms with Crippen molar-refractivity contribution < 1.29 is 17.9 Å². The van der Waals surface area contributed by atoms with Crippen molar-refractivity contribution in [2.24, 2.45) is 0 Å². The number of unbranched alkanes of at least 4 members (excludes halogenated alkanes) is 3. The summed E-state index contributed by atoms with van der Waals surface area (Å²) in [6, 6.07) is 12.1. The molecule has 4 rings (SSSR count). The first-order valence-corrected chi connectivity index (χ1v) is 16.6. The van der Waals surface area contributed by atoms with Crippen molar-refractivity contribution in [3.05, 3.63) is 69.9 Å². The summed E-state index contributed by atoms with van der Waals surface area (Å²) in [7, 11) is -2.26. The second-order valence-electron chi connectivity index (χ2n) is 10.7. The van der Waals surface area contributed by atoms with Crippen molar-refractivity contribution >= 4 is 15.5 Å². The molecule has 43 heavy (non-hydrogen) atoms. The Morgan fingerprint density at radius 1 is 1.05 bits per heavy atom. The van der Waals surface area contributed by atoms with Crippen molar-refractivity contribution in [3.63, 3.8) is 0 Å². The van der Waals surface area contributed by atoms with Crippen LogP contribution in [0.25, 0.3) is 16.9 Å². The molecule has 0 bridgehead atoms. The quantitative estimate of drug-likeness (QED) is 0.154. The zero-order valence-corrected chi connectivity index (χ0v) is 26.6. The van der Waals surface area contributed by atoms with Crippen molar-refractivity contribution in [1.82, 2.24) is 24.3 Å². The Morgan fingerprint density at radius 3 is 2.49 bits per heavy atom. The predicted molar refractivity (Wildman–Crippen MR) is 169 cm³/mol. The van der Waals surface area contributed by atoms with Crippen molar-refractivity contribution in [2.45, 2.75) is 83.5 Å². The van der Waals surface area contributed by atoms with E-state index in [9.17, 15) is 13.2 Å². The minimum atomic E-state index is -3.86. The van der Waals surface area contributed by atoms with E-state index in [1.165, 1.54) is 18.6 Å². The number of sulfonamides is 1. The Hall–Kier alpha value is -3.70. The number of hydrogen-bond acceptors (Lipinski definition) is 7. The molecule has 0 saturated carbocycles. The smallest absolute Gasteiger partial charge is 0.277 e. The summed E-state index contributed by atoms with van der Waals surface area (Å²) in [5.41, 5.74) is 2.04. The number of fused-ring (bicyclic) bond motifs is 1. The van der Waals surface area contributed by atoms with E-state index < -0.39 is 10.0 Å². The van der Waals surface area contributed by atoms with Gasteiger partial charge in [-0.25, -0.2) is 22.6 Å². The molecule has 10 nitrogen and oxygen atoms in total. The maximum absolute atomic E-state index is 13.3. The fourth-order valence-corrected chi connectivity index (χ4v) is 6.32. The standard InChI is InChI=1S/C32H43N5O5S/c1-6-9-10-11-12-24(7-2)31-34-22(4)29-32(38)35-30(36-37(29)31)27-21-26(17-18-28(27)42-8-3)43(39,40)33-20-19-23-13-15-25(41-5)16-14-23/h13-18,21,24,33H,6-12,19-20H2,1-5H3,(H,35,36,38). The third kappa shape index (κ3) is 7.64. The van der Waals surface area contributed by atoms with E-state index in [2.05, 4.69) is 23.6 Å². The first-order valence-electron chi connectivity index (χ1n) is 15.1. The lowest BCUT2D eigenvalue weighted by molar-refractivity contribution is 0.341. The van der Waals surface area contributed by atoms with Crippen LogP contribution in [-0.4, -0.2) is 48.3 Å². The summed E-state index contributed by atoms with van der Waals surface area (Å²) in [5.74, 6) is 2.28. The summed E-state index contributed by atoms with van der Waals surface area (Å²) in [6.07, 6.45) is 6.93. The SMILES string of the molecule is CCCCCCC(CC)c1nc(C)c2c(=O)[nH]c(-c3cc(S(=O)(=O)NCCc4ccc(OC)cc4)ccc3OCC)nn12. The first kappa shape index (κ1) is 32.2. The Kier molecular flexibility index (Phi) is 11.0. The molecular formula is C32H43N5O5S. The van der Waals surface area contributed by atoms with E-state index in [4.69, 9.17) is 19.6 Å². The van der Waals surface area contributed by atoms with Crippen LogP contribution < -0.4 is 19.8 Å². The lowest BCUT2D eigenvalue weighted by atomic mass is 9.97. The van der Waals surface area contributed by atoms with Crippen LogP contribution in [0.5, 0.6) is 11.5 Å². The fraction of sp³-hybridized carbons (Fsp3) is 0.469. The second-order valence-corrected chi connectivity index (χ2v) is 12.4. The molecule has 0 aliphatic rings. The van der Waals surface area contributed by atoms with Gasteiger partial charge in [-0.15, -0.1) is 5.10 Å². The topological polar surface area (TPSA) is 128 Å². The molecular weight excluding hydrogens is 566 g/mol. The van der Waals surface area contributed by atoms with E-state index in [-0.39, 0.29) is 28.7 Å². The van der Waals surface area contributed by atoms with Crippen LogP contribution in [-0.2, 0) is 16.4 Å². The number of hydrogen-bond donors (Lipinski definition) is 2. The number of aromatic nitrogens is 4. The van der Waals surface area contributed by atoms with Gasteiger partial charge in [-0.2, -0.15) is 0 Å². The highest BCUT2D eigenvalue weighted by atomic mass is 32.2. The van der Waals surface area contributed by atoms with Crippen LogP contribution in [0.3, 0.4) is 0 Å². The summed E-state index contributed by atoms with van der Waals surface area (Å²) in [5, 5.41) is 4.82. The number of ether oxygens (including phenoxy) is 2. The average Bonchev–Trinajstić information content (AvgIpc) is 3.34. The van der Waals surface area contributed by atoms with Crippen LogP contribution in [0, 0.1) is 6.92 Å². The number of nitrogens with zero attached hydrogens (tertiary/aromatic N) is 3. The third-order valence-electron chi connectivity index (χ3n) is 7.65. The molecule has 1 atom stereocenters. The number of aromatic amines is 1. The number of imidazole rings is 1. The lowest BCUT2D eigenvalue weighted by Gasteiger charge is -2.15. The Bertz CT molecular complexity index is 1680. The van der Waals surface area contributed by atoms with Gasteiger partial charge < -0.3 is 14.5 Å². The minimum Gasteiger partial charge on any atom is -0.497 e. The van der Waals surface area contributed by atoms with Crippen LogP contribution in [0.15, 0.2) is 52.2 Å². The molecule has 2 heterocycles. The van der Waals surface area contributed by atoms with E-state index in [0.29, 0.717) is 35.6 Å². The number of aryl methyl sites for hydroxylation is 1. The van der Waals surface area contributed by atoms with Gasteiger partial charge in [0.25, 0.3) is 5.56 Å². The molecule has 1 unspecified atom stereocenters. The largest absolute Gasteiger partial charge is 0.497 e. The van der Waals surface area contributed by atoms with Crippen LogP contribution in [0.4, 0.5) is 0 Å². The number of benzene rings is 2. The summed E-state index contributed by atoms with van der Waals surface area (Å²) < 4.78 is 42.0. The van der Waals surface area contributed by atoms with E-state index in [0.717, 1.165) is 49.2 Å². The maximum Gasteiger partial charge on any atom is 0.277 e. The van der Waals surface area contributed by atoms with Gasteiger partial charge in [-0.05, 0) is 69.0 Å². The molecule has 11 heteroatoms. The first-order chi connectivity index (χ1) is 20.7. The number of methoxy groups -OCH3 is 1. The van der Waals surface area contributed by atoms with E-state index >= 15 is 0 Å². The Balaban J connectivity index is 1.67. The van der Waals surface area contributed by atoms with Crippen molar-refractivity contribution in [2.75, 3.05) is 20.3 Å². The van der Waals surface area contributed by atoms with Crippen LogP contribution in [0.1, 0.15) is 82.3 Å². The monoisotopic (exact) mass is 609 g/mol. The molecule has 0 aliphatic carbocycles. The molecule has 0 amide bonds. The normalized spacial score (nSPS) is 12.5. The molecule has 232 valence electrons. The second kappa shape index (κ2) is 14.7. The van der Waals surface area contributed by atoms with Crippen molar-refractivity contribution in [3.8, 4) is 22.9 Å². The van der Waals surface area contributed by atoms with E-state index in [1.807, 2.05) is 38.1 Å². The zero-order valence-electron chi connectivity index (χ0n) is 25.8. The van der Waals surface area contributed by atoms with Gasteiger partial charge >= 0.3 is 0 Å². The highest BCUT2D eigenvalue weighted by molar-refractivity contribution is 7.89. The van der Waals surface area contributed by atoms with Gasteiger partial charge in [0, 0.05) is 12.5 Å². The van der Waals surface area contributed by atoms with Crippen LogP contribution in [0.2, 0.25) is 0 Å². The summed E-state index contributed by atoms with van der Waals surface area (Å²) in [4.78, 5) is 21.0. The molecule has 0 radical (unpaired) electrons. The number of nitrogens with one attached hydrogen (secondary N) is 2. The molecule has 0 aliphatic heterocycles. The van der Waals surface area contributed by atoms with Gasteiger partial charge in [0.15, 0.2) is 11.3 Å². The minimum absolute atomic E-state index is 0.0489. The van der Waals surface area contributed by atoms with E-state index in [1.54, 1.807) is 17.7 Å². The molecule has 0 spiro atoms. The maximum atomic E-state index is 13.3. The highest BCUT2D eigenvalue weighted by Gasteiger charge is 2.23. The summed E-state index contributed by atoms with van der Waals surface area (Å²) in [6.45, 7) is 8.54. The molecule has 2 N–H and O–H groups in total. The molecule has 4 aromatic rings. The number of H-pyrrole nitrogens is 1. The van der Waals surface area contributed by atoms with Gasteiger partial charge in [-0.1, -0.05) is 51.7 Å². The fourth-order valence-electron chi connectivity index (χ4n) is 5.26. The van der Waals surface area contributed by atoms with Gasteiger partial charge in [0.1, 0.15) is 17.3 Å². The Labute approximate surface area is 253 Å². The highest BCUT2D eigenvalue weighted by Crippen LogP contribution is 2.31. The van der Waals surface area contributed by atoms with Crippen LogP contribution >= 0.6 is 0 Å². The van der Waals surface area contributed by atoms with Gasteiger partial charge in [-0.3, -0.25) is 4.79 Å². The number of rotatable bonds is 16. The average molecular weight is 610 g/mol. The third-order valence-corrected chi connectivity index (χ3v) is 9.10. The summed E-state index contributed by atoms with van der Waals surface area (Å²) >= 11 is 0. The molecule has 2 aromatic heterocycles. The Morgan fingerprint density at radius 2 is 1.81 bits per heavy atom. The molecule has 2 aromatic carbocycles. The molecule has 0 saturated heterocycles. The van der Waals surface area contributed by atoms with Gasteiger partial charge in [0.05, 0.1) is 29.9 Å². The molecule has 0 fully saturated rings. The lowest BCUT2D eigenvalue weighted by Crippen LogP contribution is -2.26. The predicted octanol–water partition coefficient (Wildman–Crippen LogP) is 5.79. The van der Waals surface area contributed by atoms with Gasteiger partial charge in [0.2, 0.25) is 10.0 Å². The zero-order chi connectivity index (χ0) is 31.0.